The van der Waals surface area contributed by atoms with Gasteiger partial charge in [0.15, 0.2) is 11.6 Å². The van der Waals surface area contributed by atoms with Gasteiger partial charge >= 0.3 is 0 Å². The number of ether oxygens (including phenoxy) is 2. The van der Waals surface area contributed by atoms with Gasteiger partial charge in [-0.3, -0.25) is 14.8 Å². The van der Waals surface area contributed by atoms with Crippen molar-refractivity contribution in [3.63, 3.8) is 0 Å². The summed E-state index contributed by atoms with van der Waals surface area (Å²) in [5, 5.41) is 16.2. The molecule has 10 nitrogen and oxygen atoms in total. The number of aromatic nitrogens is 6. The summed E-state index contributed by atoms with van der Waals surface area (Å²) in [5.74, 6) is 2.74. The number of hydrogen-bond donors (Lipinski definition) is 2. The fourth-order valence-corrected chi connectivity index (χ4v) is 5.28. The smallest absolute Gasteiger partial charge is 0.257 e. The summed E-state index contributed by atoms with van der Waals surface area (Å²) in [6, 6.07) is 12.5. The molecule has 2 N–H and O–H groups in total. The number of hydrogen-bond acceptors (Lipinski definition) is 8. The third-order valence-electron chi connectivity index (χ3n) is 7.30. The molecule has 4 heterocycles. The molecule has 2 aromatic carbocycles. The third-order valence-corrected chi connectivity index (χ3v) is 7.30. The highest BCUT2D eigenvalue weighted by atomic mass is 16.5. The number of aromatic amines is 1. The molecule has 5 aromatic rings. The average molecular weight is 493 g/mol. The summed E-state index contributed by atoms with van der Waals surface area (Å²) in [5.41, 5.74) is 5.95. The normalized spacial score (nSPS) is 19.4. The highest BCUT2D eigenvalue weighted by Crippen LogP contribution is 2.64. The van der Waals surface area contributed by atoms with Gasteiger partial charge in [-0.2, -0.15) is 10.2 Å². The van der Waals surface area contributed by atoms with Gasteiger partial charge in [0.25, 0.3) is 5.88 Å². The van der Waals surface area contributed by atoms with Crippen LogP contribution in [0, 0.1) is 0 Å². The molecule has 1 spiro atoms. The molecular weight excluding hydrogens is 468 g/mol. The predicted octanol–water partition coefficient (Wildman–Crippen LogP) is 4.66. The molecule has 1 aliphatic carbocycles. The van der Waals surface area contributed by atoms with Crippen molar-refractivity contribution in [1.82, 2.24) is 29.9 Å². The Labute approximate surface area is 212 Å². The molecule has 184 valence electrons. The largest absolute Gasteiger partial charge is 0.497 e. The number of nitrogens with zero attached hydrogens (tertiary/aromatic N) is 6. The number of fused-ring (bicyclic) bond motifs is 3. The Morgan fingerprint density at radius 3 is 2.81 bits per heavy atom. The van der Waals surface area contributed by atoms with Crippen LogP contribution in [-0.4, -0.2) is 50.4 Å². The van der Waals surface area contributed by atoms with Crippen LogP contribution in [0.4, 0.5) is 17.3 Å². The average Bonchev–Trinajstić information content (AvgIpc) is 3.17. The van der Waals surface area contributed by atoms with Crippen LogP contribution in [0.2, 0.25) is 0 Å². The minimum Gasteiger partial charge on any atom is -0.497 e. The lowest BCUT2D eigenvalue weighted by Gasteiger charge is -2.11. The Balaban J connectivity index is 1.19. The Hall–Kier alpha value is -4.73. The van der Waals surface area contributed by atoms with Crippen LogP contribution in [-0.2, 0) is 12.5 Å². The third kappa shape index (κ3) is 3.36. The molecule has 10 heteroatoms. The van der Waals surface area contributed by atoms with Crippen LogP contribution in [0.3, 0.4) is 0 Å². The van der Waals surface area contributed by atoms with Gasteiger partial charge in [-0.1, -0.05) is 6.07 Å². The molecule has 0 radical (unpaired) electrons. The Bertz CT molecular complexity index is 1700. The van der Waals surface area contributed by atoms with Crippen LogP contribution in [0.15, 0.2) is 60.0 Å². The first-order valence-corrected chi connectivity index (χ1v) is 12.0. The van der Waals surface area contributed by atoms with E-state index >= 15 is 0 Å². The van der Waals surface area contributed by atoms with E-state index in [0.29, 0.717) is 29.1 Å². The van der Waals surface area contributed by atoms with Crippen molar-refractivity contribution in [3.8, 4) is 22.9 Å². The summed E-state index contributed by atoms with van der Waals surface area (Å²) >= 11 is 0. The van der Waals surface area contributed by atoms with Gasteiger partial charge in [0.1, 0.15) is 5.75 Å². The topological polar surface area (TPSA) is 115 Å². The van der Waals surface area contributed by atoms with Gasteiger partial charge in [-0.25, -0.2) is 9.97 Å². The lowest BCUT2D eigenvalue weighted by Crippen LogP contribution is -2.07. The number of nitrogens with one attached hydrogen (secondary N) is 2. The van der Waals surface area contributed by atoms with E-state index in [9.17, 15) is 0 Å². The van der Waals surface area contributed by atoms with E-state index in [4.69, 9.17) is 14.5 Å². The summed E-state index contributed by atoms with van der Waals surface area (Å²) in [6.45, 7) is 0. The number of aryl methyl sites for hydroxylation is 1. The SMILES string of the molecule is COc1ccc2c(c1)[C@@]1(C=N2)C[C@H]1c1ccc2c(Nc3nc(-c4cnn(C)c4)cnc3OC)n[nH]c2c1. The summed E-state index contributed by atoms with van der Waals surface area (Å²) < 4.78 is 12.6. The lowest BCUT2D eigenvalue weighted by atomic mass is 9.92. The predicted molar refractivity (Wildman–Crippen MR) is 140 cm³/mol. The van der Waals surface area contributed by atoms with Crippen molar-refractivity contribution < 1.29 is 9.47 Å². The minimum absolute atomic E-state index is 0.0612. The molecule has 1 aliphatic heterocycles. The molecule has 0 amide bonds. The van der Waals surface area contributed by atoms with E-state index in [1.807, 2.05) is 25.4 Å². The van der Waals surface area contributed by atoms with Gasteiger partial charge in [0.2, 0.25) is 0 Å². The lowest BCUT2D eigenvalue weighted by molar-refractivity contribution is 0.398. The molecule has 7 rings (SSSR count). The summed E-state index contributed by atoms with van der Waals surface area (Å²) in [7, 11) is 5.13. The highest BCUT2D eigenvalue weighted by Gasteiger charge is 2.58. The fraction of sp³-hybridized carbons (Fsp3) is 0.222. The van der Waals surface area contributed by atoms with Crippen LogP contribution in [0.5, 0.6) is 11.6 Å². The van der Waals surface area contributed by atoms with E-state index < -0.39 is 0 Å². The number of aliphatic imine (C=N–C) groups is 1. The van der Waals surface area contributed by atoms with Crippen molar-refractivity contribution in [1.29, 1.82) is 0 Å². The van der Waals surface area contributed by atoms with Gasteiger partial charge < -0.3 is 14.8 Å². The first kappa shape index (κ1) is 21.5. The van der Waals surface area contributed by atoms with Crippen LogP contribution >= 0.6 is 0 Å². The first-order valence-electron chi connectivity index (χ1n) is 12.0. The van der Waals surface area contributed by atoms with Gasteiger partial charge in [-0.05, 0) is 53.8 Å². The fourth-order valence-electron chi connectivity index (χ4n) is 5.28. The first-order chi connectivity index (χ1) is 18.1. The van der Waals surface area contributed by atoms with Gasteiger partial charge in [-0.15, -0.1) is 0 Å². The molecule has 37 heavy (non-hydrogen) atoms. The number of benzene rings is 2. The second-order valence-electron chi connectivity index (χ2n) is 9.46. The molecule has 1 saturated carbocycles. The molecule has 2 aliphatic rings. The van der Waals surface area contributed by atoms with Crippen molar-refractivity contribution in [2.24, 2.45) is 12.0 Å². The maximum absolute atomic E-state index is 5.46. The van der Waals surface area contributed by atoms with E-state index in [1.165, 1.54) is 11.1 Å². The van der Waals surface area contributed by atoms with Crippen molar-refractivity contribution >= 4 is 34.4 Å². The molecule has 0 bridgehead atoms. The molecular formula is C27H24N8O2. The van der Waals surface area contributed by atoms with Crippen LogP contribution < -0.4 is 14.8 Å². The molecule has 1 fully saturated rings. The van der Waals surface area contributed by atoms with E-state index in [2.05, 4.69) is 61.1 Å². The van der Waals surface area contributed by atoms with Crippen LogP contribution in [0.1, 0.15) is 23.5 Å². The summed E-state index contributed by atoms with van der Waals surface area (Å²) in [4.78, 5) is 13.8. The molecule has 0 unspecified atom stereocenters. The number of H-pyrrole nitrogens is 1. The highest BCUT2D eigenvalue weighted by molar-refractivity contribution is 5.94. The van der Waals surface area contributed by atoms with Crippen molar-refractivity contribution in [3.05, 3.63) is 66.1 Å². The van der Waals surface area contributed by atoms with Crippen molar-refractivity contribution in [2.75, 3.05) is 19.5 Å². The van der Waals surface area contributed by atoms with Gasteiger partial charge in [0, 0.05) is 35.8 Å². The van der Waals surface area contributed by atoms with E-state index in [-0.39, 0.29) is 5.41 Å². The monoisotopic (exact) mass is 492 g/mol. The van der Waals surface area contributed by atoms with E-state index in [0.717, 1.165) is 34.3 Å². The van der Waals surface area contributed by atoms with Crippen LogP contribution in [0.25, 0.3) is 22.2 Å². The number of rotatable bonds is 6. The van der Waals surface area contributed by atoms with E-state index in [1.54, 1.807) is 31.3 Å². The zero-order chi connectivity index (χ0) is 25.1. The molecule has 3 aromatic heterocycles. The quantitative estimate of drug-likeness (QED) is 0.354. The Kier molecular flexibility index (Phi) is 4.59. The Morgan fingerprint density at radius 2 is 2.00 bits per heavy atom. The zero-order valence-electron chi connectivity index (χ0n) is 20.6. The minimum atomic E-state index is -0.0612. The second-order valence-corrected chi connectivity index (χ2v) is 9.46. The number of anilines is 2. The second kappa shape index (κ2) is 7.89. The summed E-state index contributed by atoms with van der Waals surface area (Å²) in [6.07, 6.45) is 8.43. The Morgan fingerprint density at radius 1 is 1.08 bits per heavy atom. The molecule has 2 atom stereocenters. The zero-order valence-corrected chi connectivity index (χ0v) is 20.6. The maximum Gasteiger partial charge on any atom is 0.257 e. The molecule has 0 saturated heterocycles. The standard InChI is InChI=1S/C27H24N8O2/c1-35-13-16(11-30-35)23-12-28-26(37-3)25(31-23)32-24-18-6-4-15(8-22(18)33-34-24)20-10-27(20)14-29-21-7-5-17(36-2)9-19(21)27/h4-9,11-14,20H,10H2,1-3H3,(H2,31,32,33,34)/t20-,27-/m0/s1. The van der Waals surface area contributed by atoms with Crippen molar-refractivity contribution in [2.45, 2.75) is 17.8 Å². The number of methoxy groups -OCH3 is 2. The van der Waals surface area contributed by atoms with Gasteiger partial charge in [0.05, 0.1) is 43.5 Å². The maximum atomic E-state index is 5.46.